The monoisotopic (exact) mass is 290 g/mol. The Morgan fingerprint density at radius 2 is 1.67 bits per heavy atom. The van der Waals surface area contributed by atoms with Gasteiger partial charge in [-0.25, -0.2) is 0 Å². The fraction of sp³-hybridized carbons (Fsp3) is 0.529. The van der Waals surface area contributed by atoms with Crippen molar-refractivity contribution in [2.75, 3.05) is 11.4 Å². The Morgan fingerprint density at radius 3 is 2.10 bits per heavy atom. The number of nitrogens with one attached hydrogen (secondary N) is 1. The third kappa shape index (κ3) is 5.58. The van der Waals surface area contributed by atoms with Gasteiger partial charge in [-0.2, -0.15) is 0 Å². The summed E-state index contributed by atoms with van der Waals surface area (Å²) >= 11 is 0. The minimum Gasteiger partial charge on any atom is -0.354 e. The molecule has 0 fully saturated rings. The summed E-state index contributed by atoms with van der Waals surface area (Å²) in [4.78, 5) is 25.1. The molecule has 4 nitrogen and oxygen atoms in total. The Labute approximate surface area is 127 Å². The van der Waals surface area contributed by atoms with E-state index in [1.54, 1.807) is 4.90 Å². The molecule has 0 saturated heterocycles. The fourth-order valence-corrected chi connectivity index (χ4v) is 2.12. The minimum absolute atomic E-state index is 0.0324. The zero-order valence-corrected chi connectivity index (χ0v) is 13.6. The van der Waals surface area contributed by atoms with E-state index in [0.29, 0.717) is 18.9 Å². The first-order chi connectivity index (χ1) is 9.81. The Bertz CT molecular complexity index is 478. The van der Waals surface area contributed by atoms with Gasteiger partial charge >= 0.3 is 0 Å². The lowest BCUT2D eigenvalue weighted by Crippen LogP contribution is -2.36. The molecule has 0 atom stereocenters. The van der Waals surface area contributed by atoms with E-state index in [0.717, 1.165) is 5.69 Å². The smallest absolute Gasteiger partial charge is 0.223 e. The van der Waals surface area contributed by atoms with Gasteiger partial charge in [0.2, 0.25) is 11.8 Å². The van der Waals surface area contributed by atoms with Gasteiger partial charge in [0.1, 0.15) is 0 Å². The number of amides is 2. The molecule has 4 heteroatoms. The third-order valence-corrected chi connectivity index (χ3v) is 3.26. The molecule has 116 valence electrons. The molecule has 21 heavy (non-hydrogen) atoms. The largest absolute Gasteiger partial charge is 0.354 e. The lowest BCUT2D eigenvalue weighted by Gasteiger charge is -2.22. The van der Waals surface area contributed by atoms with E-state index >= 15 is 0 Å². The molecule has 0 spiro atoms. The van der Waals surface area contributed by atoms with Crippen LogP contribution in [0.2, 0.25) is 0 Å². The molecule has 1 aromatic rings. The van der Waals surface area contributed by atoms with Crippen molar-refractivity contribution >= 4 is 17.5 Å². The maximum absolute atomic E-state index is 11.8. The summed E-state index contributed by atoms with van der Waals surface area (Å²) in [6.45, 7) is 10.0. The van der Waals surface area contributed by atoms with Crippen molar-refractivity contribution in [1.82, 2.24) is 5.32 Å². The molecule has 1 rings (SSSR count). The molecule has 2 amide bonds. The normalized spacial score (nSPS) is 10.8. The van der Waals surface area contributed by atoms with E-state index in [-0.39, 0.29) is 17.9 Å². The summed E-state index contributed by atoms with van der Waals surface area (Å²) in [6, 6.07) is 8.07. The van der Waals surface area contributed by atoms with Crippen molar-refractivity contribution < 1.29 is 9.59 Å². The quantitative estimate of drug-likeness (QED) is 0.875. The summed E-state index contributed by atoms with van der Waals surface area (Å²) in [5, 5.41) is 2.84. The molecule has 0 bridgehead atoms. The van der Waals surface area contributed by atoms with Crippen LogP contribution in [-0.4, -0.2) is 24.4 Å². The molecule has 0 radical (unpaired) electrons. The Hall–Kier alpha value is -1.84. The number of carbonyl (C=O) groups is 2. The molecule has 0 aliphatic carbocycles. The topological polar surface area (TPSA) is 49.4 Å². The molecule has 0 saturated carbocycles. The van der Waals surface area contributed by atoms with E-state index < -0.39 is 0 Å². The molecule has 1 N–H and O–H groups in total. The highest BCUT2D eigenvalue weighted by atomic mass is 16.2. The first-order valence-electron chi connectivity index (χ1n) is 7.48. The van der Waals surface area contributed by atoms with Crippen LogP contribution in [0.1, 0.15) is 52.5 Å². The predicted molar refractivity (Wildman–Crippen MR) is 86.5 cm³/mol. The number of hydrogen-bond acceptors (Lipinski definition) is 2. The van der Waals surface area contributed by atoms with Crippen molar-refractivity contribution in [1.29, 1.82) is 0 Å². The summed E-state index contributed by atoms with van der Waals surface area (Å²) < 4.78 is 0. The van der Waals surface area contributed by atoms with E-state index in [2.05, 4.69) is 19.2 Å². The van der Waals surface area contributed by atoms with Gasteiger partial charge in [-0.05, 0) is 37.5 Å². The lowest BCUT2D eigenvalue weighted by molar-refractivity contribution is -0.121. The molecular formula is C17H26N2O2. The van der Waals surface area contributed by atoms with Gasteiger partial charge in [0.05, 0.1) is 0 Å². The summed E-state index contributed by atoms with van der Waals surface area (Å²) in [6.07, 6.45) is 0.309. The highest BCUT2D eigenvalue weighted by Gasteiger charge is 2.14. The van der Waals surface area contributed by atoms with Crippen LogP contribution < -0.4 is 10.2 Å². The number of nitrogens with zero attached hydrogens (tertiary/aromatic N) is 1. The van der Waals surface area contributed by atoms with Gasteiger partial charge in [0, 0.05) is 31.6 Å². The molecular weight excluding hydrogens is 264 g/mol. The number of carbonyl (C=O) groups excluding carboxylic acids is 2. The number of anilines is 1. The second-order valence-corrected chi connectivity index (χ2v) is 5.89. The van der Waals surface area contributed by atoms with Crippen LogP contribution in [0.4, 0.5) is 5.69 Å². The fourth-order valence-electron chi connectivity index (χ4n) is 2.12. The number of rotatable bonds is 6. The zero-order valence-electron chi connectivity index (χ0n) is 13.6. The van der Waals surface area contributed by atoms with E-state index in [9.17, 15) is 9.59 Å². The number of benzene rings is 1. The van der Waals surface area contributed by atoms with Gasteiger partial charge in [-0.1, -0.05) is 26.0 Å². The summed E-state index contributed by atoms with van der Waals surface area (Å²) in [7, 11) is 0. The Morgan fingerprint density at radius 1 is 1.10 bits per heavy atom. The van der Waals surface area contributed by atoms with Gasteiger partial charge in [0.15, 0.2) is 0 Å². The highest BCUT2D eigenvalue weighted by Crippen LogP contribution is 2.20. The summed E-state index contributed by atoms with van der Waals surface area (Å²) in [5.74, 6) is 0.376. The van der Waals surface area contributed by atoms with Crippen molar-refractivity contribution in [2.45, 2.75) is 53.0 Å². The van der Waals surface area contributed by atoms with Gasteiger partial charge in [-0.3, -0.25) is 9.59 Å². The first kappa shape index (κ1) is 17.2. The third-order valence-electron chi connectivity index (χ3n) is 3.26. The average Bonchev–Trinajstić information content (AvgIpc) is 2.38. The highest BCUT2D eigenvalue weighted by molar-refractivity contribution is 5.92. The van der Waals surface area contributed by atoms with Gasteiger partial charge in [-0.15, -0.1) is 0 Å². The molecule has 0 heterocycles. The second-order valence-electron chi connectivity index (χ2n) is 5.89. The van der Waals surface area contributed by atoms with Crippen molar-refractivity contribution in [3.05, 3.63) is 29.8 Å². The standard InChI is InChI=1S/C17H26N2O2/c1-12(2)15-6-8-16(9-7-15)19(14(5)20)11-10-17(21)18-13(3)4/h6-9,12-13H,10-11H2,1-5H3,(H,18,21). The van der Waals surface area contributed by atoms with E-state index in [1.165, 1.54) is 12.5 Å². The second kappa shape index (κ2) is 7.81. The van der Waals surface area contributed by atoms with Crippen LogP contribution in [-0.2, 0) is 9.59 Å². The van der Waals surface area contributed by atoms with Gasteiger partial charge < -0.3 is 10.2 Å². The van der Waals surface area contributed by atoms with Crippen LogP contribution in [0.3, 0.4) is 0 Å². The van der Waals surface area contributed by atoms with E-state index in [4.69, 9.17) is 0 Å². The minimum atomic E-state index is -0.0513. The predicted octanol–water partition coefficient (Wildman–Crippen LogP) is 3.08. The van der Waals surface area contributed by atoms with Crippen molar-refractivity contribution in [3.63, 3.8) is 0 Å². The molecule has 0 aromatic heterocycles. The van der Waals surface area contributed by atoms with Crippen LogP contribution in [0, 0.1) is 0 Å². The van der Waals surface area contributed by atoms with Crippen LogP contribution in [0.25, 0.3) is 0 Å². The van der Waals surface area contributed by atoms with Crippen molar-refractivity contribution in [2.24, 2.45) is 0 Å². The lowest BCUT2D eigenvalue weighted by atomic mass is 10.0. The maximum atomic E-state index is 11.8. The maximum Gasteiger partial charge on any atom is 0.223 e. The average molecular weight is 290 g/mol. The Kier molecular flexibility index (Phi) is 6.40. The molecule has 0 unspecified atom stereocenters. The molecule has 0 aliphatic rings. The molecule has 1 aromatic carbocycles. The van der Waals surface area contributed by atoms with Crippen LogP contribution in [0.15, 0.2) is 24.3 Å². The van der Waals surface area contributed by atoms with Crippen LogP contribution >= 0.6 is 0 Å². The first-order valence-corrected chi connectivity index (χ1v) is 7.48. The van der Waals surface area contributed by atoms with Crippen molar-refractivity contribution in [3.8, 4) is 0 Å². The molecule has 0 aliphatic heterocycles. The number of hydrogen-bond donors (Lipinski definition) is 1. The summed E-state index contributed by atoms with van der Waals surface area (Å²) in [5.41, 5.74) is 2.07. The Balaban J connectivity index is 2.73. The van der Waals surface area contributed by atoms with E-state index in [1.807, 2.05) is 38.1 Å². The SMILES string of the molecule is CC(=O)N(CCC(=O)NC(C)C)c1ccc(C(C)C)cc1. The zero-order chi connectivity index (χ0) is 16.0. The van der Waals surface area contributed by atoms with Gasteiger partial charge in [0.25, 0.3) is 0 Å². The van der Waals surface area contributed by atoms with Crippen LogP contribution in [0.5, 0.6) is 0 Å².